The molecule has 10 heteroatoms. The van der Waals surface area contributed by atoms with Crippen LogP contribution in [0.15, 0.2) is 23.2 Å². The number of nitrogens with zero attached hydrogens (tertiary/aromatic N) is 6. The Morgan fingerprint density at radius 1 is 1.34 bits per heavy atom. The summed E-state index contributed by atoms with van der Waals surface area (Å²) in [5, 5.41) is 8.13. The van der Waals surface area contributed by atoms with E-state index in [0.29, 0.717) is 49.1 Å². The summed E-state index contributed by atoms with van der Waals surface area (Å²) in [6.45, 7) is 4.67. The van der Waals surface area contributed by atoms with Crippen molar-refractivity contribution < 1.29 is 18.1 Å². The predicted molar refractivity (Wildman–Crippen MR) is 99.4 cm³/mol. The molecule has 4 heterocycles. The number of hydrogen-bond donors (Lipinski definition) is 0. The number of piperidine rings is 1. The van der Waals surface area contributed by atoms with Crippen molar-refractivity contribution in [2.45, 2.75) is 51.5 Å². The summed E-state index contributed by atoms with van der Waals surface area (Å²) >= 11 is 0. The standard InChI is InChI=1S/C19H22F2N6O2/c1-11(27-10-22-9-23-27)7-16(28)26-5-3-13(4-6-26)15-8-14(18(20)21)17-12(2)25-29-19(17)24-15/h8-11,13,18H,3-7H2,1-2H3/t11-/m0/s1. The van der Waals surface area contributed by atoms with E-state index >= 15 is 0 Å². The Hall–Kier alpha value is -2.91. The van der Waals surface area contributed by atoms with Gasteiger partial charge in [-0.3, -0.25) is 4.79 Å². The van der Waals surface area contributed by atoms with Crippen molar-refractivity contribution >= 4 is 17.0 Å². The third kappa shape index (κ3) is 3.83. The number of carbonyl (C=O) groups is 1. The highest BCUT2D eigenvalue weighted by Gasteiger charge is 2.28. The number of pyridine rings is 1. The number of carbonyl (C=O) groups excluding carboxylic acids is 1. The Balaban J connectivity index is 1.44. The first-order valence-corrected chi connectivity index (χ1v) is 9.61. The molecule has 1 fully saturated rings. The molecule has 1 aliphatic rings. The highest BCUT2D eigenvalue weighted by Crippen LogP contribution is 2.35. The van der Waals surface area contributed by atoms with Crippen molar-refractivity contribution in [2.75, 3.05) is 13.1 Å². The molecule has 0 spiro atoms. The number of amides is 1. The summed E-state index contributed by atoms with van der Waals surface area (Å²) in [7, 11) is 0. The maximum absolute atomic E-state index is 13.5. The van der Waals surface area contributed by atoms with Crippen molar-refractivity contribution in [3.05, 3.63) is 35.7 Å². The lowest BCUT2D eigenvalue weighted by Gasteiger charge is -2.32. The third-order valence-electron chi connectivity index (χ3n) is 5.53. The van der Waals surface area contributed by atoms with Gasteiger partial charge in [-0.1, -0.05) is 5.16 Å². The van der Waals surface area contributed by atoms with E-state index in [2.05, 4.69) is 20.2 Å². The second kappa shape index (κ2) is 7.84. The van der Waals surface area contributed by atoms with Crippen LogP contribution in [0.5, 0.6) is 0 Å². The smallest absolute Gasteiger partial charge is 0.264 e. The van der Waals surface area contributed by atoms with E-state index in [1.54, 1.807) is 17.9 Å². The van der Waals surface area contributed by atoms with Gasteiger partial charge in [-0.25, -0.2) is 23.4 Å². The SMILES string of the molecule is Cc1noc2nc(C3CCN(C(=O)C[C@H](C)n4cncn4)CC3)cc(C(F)F)c12. The lowest BCUT2D eigenvalue weighted by atomic mass is 9.91. The lowest BCUT2D eigenvalue weighted by Crippen LogP contribution is -2.38. The van der Waals surface area contributed by atoms with E-state index in [1.807, 2.05) is 11.8 Å². The van der Waals surface area contributed by atoms with Crippen LogP contribution in [0.2, 0.25) is 0 Å². The van der Waals surface area contributed by atoms with Crippen LogP contribution in [0.25, 0.3) is 11.1 Å². The van der Waals surface area contributed by atoms with Crippen LogP contribution < -0.4 is 0 Å². The molecular weight excluding hydrogens is 382 g/mol. The molecule has 1 atom stereocenters. The van der Waals surface area contributed by atoms with Gasteiger partial charge in [0.05, 0.1) is 17.1 Å². The number of fused-ring (bicyclic) bond motifs is 1. The summed E-state index contributed by atoms with van der Waals surface area (Å²) in [5.41, 5.74) is 1.04. The normalized spacial score (nSPS) is 16.7. The van der Waals surface area contributed by atoms with Crippen LogP contribution in [0.3, 0.4) is 0 Å². The van der Waals surface area contributed by atoms with Gasteiger partial charge in [-0.2, -0.15) is 5.10 Å². The summed E-state index contributed by atoms with van der Waals surface area (Å²) in [6.07, 6.45) is 2.08. The van der Waals surface area contributed by atoms with Crippen molar-refractivity contribution in [2.24, 2.45) is 0 Å². The van der Waals surface area contributed by atoms with Gasteiger partial charge in [0.1, 0.15) is 12.7 Å². The maximum Gasteiger partial charge on any atom is 0.264 e. The topological polar surface area (TPSA) is 89.9 Å². The zero-order valence-electron chi connectivity index (χ0n) is 16.3. The molecule has 154 valence electrons. The fourth-order valence-corrected chi connectivity index (χ4v) is 3.87. The minimum absolute atomic E-state index is 0.000838. The molecule has 0 N–H and O–H groups in total. The molecule has 0 saturated carbocycles. The number of aryl methyl sites for hydroxylation is 1. The molecule has 0 aromatic carbocycles. The van der Waals surface area contributed by atoms with Crippen molar-refractivity contribution in [1.29, 1.82) is 0 Å². The van der Waals surface area contributed by atoms with Crippen LogP contribution in [0.4, 0.5) is 8.78 Å². The van der Waals surface area contributed by atoms with Gasteiger partial charge in [0.15, 0.2) is 0 Å². The average molecular weight is 404 g/mol. The Labute approximate surface area is 165 Å². The number of alkyl halides is 2. The van der Waals surface area contributed by atoms with Crippen molar-refractivity contribution in [1.82, 2.24) is 29.8 Å². The molecule has 0 aliphatic carbocycles. The summed E-state index contributed by atoms with van der Waals surface area (Å²) < 4.78 is 33.9. The number of rotatable bonds is 5. The second-order valence-corrected chi connectivity index (χ2v) is 7.47. The zero-order valence-corrected chi connectivity index (χ0v) is 16.3. The first-order valence-electron chi connectivity index (χ1n) is 9.61. The second-order valence-electron chi connectivity index (χ2n) is 7.47. The van der Waals surface area contributed by atoms with E-state index in [4.69, 9.17) is 4.52 Å². The summed E-state index contributed by atoms with van der Waals surface area (Å²) in [5.74, 6) is 0.0492. The molecule has 8 nitrogen and oxygen atoms in total. The van der Waals surface area contributed by atoms with Gasteiger partial charge >= 0.3 is 0 Å². The number of hydrogen-bond acceptors (Lipinski definition) is 6. The first-order chi connectivity index (χ1) is 13.9. The molecule has 0 unspecified atom stereocenters. The Morgan fingerprint density at radius 3 is 2.76 bits per heavy atom. The molecule has 29 heavy (non-hydrogen) atoms. The van der Waals surface area contributed by atoms with Gasteiger partial charge in [0, 0.05) is 36.7 Å². The monoisotopic (exact) mass is 404 g/mol. The van der Waals surface area contributed by atoms with Crippen LogP contribution >= 0.6 is 0 Å². The predicted octanol–water partition coefficient (Wildman–Crippen LogP) is 3.42. The van der Waals surface area contributed by atoms with E-state index in [-0.39, 0.29) is 29.1 Å². The largest absolute Gasteiger partial charge is 0.343 e. The Morgan fingerprint density at radius 2 is 2.10 bits per heavy atom. The van der Waals surface area contributed by atoms with Crippen molar-refractivity contribution in [3.63, 3.8) is 0 Å². The zero-order chi connectivity index (χ0) is 20.5. The summed E-state index contributed by atoms with van der Waals surface area (Å²) in [6, 6.07) is 1.39. The van der Waals surface area contributed by atoms with Gasteiger partial charge in [0.25, 0.3) is 12.1 Å². The van der Waals surface area contributed by atoms with E-state index < -0.39 is 6.43 Å². The van der Waals surface area contributed by atoms with Gasteiger partial charge in [0.2, 0.25) is 5.91 Å². The molecule has 1 amide bonds. The average Bonchev–Trinajstić information content (AvgIpc) is 3.38. The fourth-order valence-electron chi connectivity index (χ4n) is 3.87. The van der Waals surface area contributed by atoms with Gasteiger partial charge < -0.3 is 9.42 Å². The third-order valence-corrected chi connectivity index (χ3v) is 5.53. The maximum atomic E-state index is 13.5. The van der Waals surface area contributed by atoms with Crippen molar-refractivity contribution in [3.8, 4) is 0 Å². The molecule has 4 rings (SSSR count). The van der Waals surface area contributed by atoms with Crippen LogP contribution in [0.1, 0.15) is 61.5 Å². The minimum Gasteiger partial charge on any atom is -0.343 e. The molecule has 1 aliphatic heterocycles. The molecule has 3 aromatic rings. The van der Waals surface area contributed by atoms with E-state index in [1.165, 1.54) is 12.4 Å². The number of halogens is 2. The van der Waals surface area contributed by atoms with E-state index in [9.17, 15) is 13.6 Å². The lowest BCUT2D eigenvalue weighted by molar-refractivity contribution is -0.133. The van der Waals surface area contributed by atoms with Crippen LogP contribution in [-0.2, 0) is 4.79 Å². The Kier molecular flexibility index (Phi) is 5.25. The van der Waals surface area contributed by atoms with Crippen LogP contribution in [-0.4, -0.2) is 48.8 Å². The highest BCUT2D eigenvalue weighted by atomic mass is 19.3. The number of likely N-dealkylation sites (tertiary alicyclic amines) is 1. The first kappa shape index (κ1) is 19.4. The van der Waals surface area contributed by atoms with Gasteiger partial charge in [-0.05, 0) is 32.8 Å². The molecule has 1 saturated heterocycles. The summed E-state index contributed by atoms with van der Waals surface area (Å²) in [4.78, 5) is 22.7. The molecular formula is C19H22F2N6O2. The fraction of sp³-hybridized carbons (Fsp3) is 0.526. The number of aromatic nitrogens is 5. The highest BCUT2D eigenvalue weighted by molar-refractivity contribution is 5.80. The van der Waals surface area contributed by atoms with E-state index in [0.717, 1.165) is 0 Å². The molecule has 0 bridgehead atoms. The quantitative estimate of drug-likeness (QED) is 0.647. The molecule has 3 aromatic heterocycles. The van der Waals surface area contributed by atoms with Gasteiger partial charge in [-0.15, -0.1) is 0 Å². The van der Waals surface area contributed by atoms with Crippen LogP contribution in [0, 0.1) is 6.92 Å². The molecule has 0 radical (unpaired) electrons. The Bertz CT molecular complexity index is 996. The minimum atomic E-state index is -2.63.